The molecule has 0 aromatic heterocycles. The molecular formula is C14H9F2NO3. The third-order valence-electron chi connectivity index (χ3n) is 2.58. The van der Waals surface area contributed by atoms with Crippen LogP contribution in [0.25, 0.3) is 0 Å². The highest BCUT2D eigenvalue weighted by molar-refractivity contribution is 6.07. The molecule has 0 atom stereocenters. The standard InChI is InChI=1S/C14H9F2NO3/c15-8-5-6-11(16)10(7-8)13(18)17-12-4-2-1-3-9(12)14(19)20/h1-7H,(H,17,18)(H,19,20). The number of aromatic carboxylic acids is 1. The van der Waals surface area contributed by atoms with Crippen LogP contribution in [-0.4, -0.2) is 17.0 Å². The van der Waals surface area contributed by atoms with Crippen molar-refractivity contribution in [2.45, 2.75) is 0 Å². The second-order valence-electron chi connectivity index (χ2n) is 3.93. The molecule has 1 amide bonds. The zero-order valence-corrected chi connectivity index (χ0v) is 10.1. The van der Waals surface area contributed by atoms with Crippen LogP contribution in [0.1, 0.15) is 20.7 Å². The van der Waals surface area contributed by atoms with E-state index in [0.717, 1.165) is 18.2 Å². The van der Waals surface area contributed by atoms with E-state index in [-0.39, 0.29) is 11.3 Å². The van der Waals surface area contributed by atoms with Crippen LogP contribution < -0.4 is 5.32 Å². The minimum atomic E-state index is -1.24. The number of anilines is 1. The third-order valence-corrected chi connectivity index (χ3v) is 2.58. The van der Waals surface area contributed by atoms with E-state index in [9.17, 15) is 18.4 Å². The van der Waals surface area contributed by atoms with Gasteiger partial charge in [0.15, 0.2) is 0 Å². The van der Waals surface area contributed by atoms with E-state index in [4.69, 9.17) is 5.11 Å². The molecule has 2 N–H and O–H groups in total. The largest absolute Gasteiger partial charge is 0.478 e. The van der Waals surface area contributed by atoms with Crippen molar-refractivity contribution >= 4 is 17.6 Å². The van der Waals surface area contributed by atoms with Gasteiger partial charge in [0.1, 0.15) is 11.6 Å². The second kappa shape index (κ2) is 5.48. The number of carboxylic acids is 1. The van der Waals surface area contributed by atoms with Crippen LogP contribution in [0.2, 0.25) is 0 Å². The number of rotatable bonds is 3. The maximum absolute atomic E-state index is 13.4. The maximum Gasteiger partial charge on any atom is 0.337 e. The predicted molar refractivity (Wildman–Crippen MR) is 67.7 cm³/mol. The lowest BCUT2D eigenvalue weighted by atomic mass is 10.1. The van der Waals surface area contributed by atoms with Crippen LogP contribution in [0.4, 0.5) is 14.5 Å². The van der Waals surface area contributed by atoms with Crippen LogP contribution in [0.3, 0.4) is 0 Å². The summed E-state index contributed by atoms with van der Waals surface area (Å²) >= 11 is 0. The van der Waals surface area contributed by atoms with Crippen LogP contribution in [-0.2, 0) is 0 Å². The summed E-state index contributed by atoms with van der Waals surface area (Å²) in [5.74, 6) is -3.81. The van der Waals surface area contributed by atoms with Gasteiger partial charge in [0, 0.05) is 0 Å². The molecule has 0 aliphatic heterocycles. The zero-order chi connectivity index (χ0) is 14.7. The van der Waals surface area contributed by atoms with Gasteiger partial charge in [-0.15, -0.1) is 0 Å². The van der Waals surface area contributed by atoms with Crippen molar-refractivity contribution in [3.05, 3.63) is 65.2 Å². The quantitative estimate of drug-likeness (QED) is 0.906. The monoisotopic (exact) mass is 277 g/mol. The van der Waals surface area contributed by atoms with Gasteiger partial charge < -0.3 is 10.4 Å². The van der Waals surface area contributed by atoms with E-state index in [2.05, 4.69) is 5.32 Å². The fourth-order valence-corrected chi connectivity index (χ4v) is 1.64. The van der Waals surface area contributed by atoms with Crippen molar-refractivity contribution < 1.29 is 23.5 Å². The van der Waals surface area contributed by atoms with Crippen molar-refractivity contribution in [1.29, 1.82) is 0 Å². The van der Waals surface area contributed by atoms with Crippen molar-refractivity contribution in [2.24, 2.45) is 0 Å². The van der Waals surface area contributed by atoms with Crippen LogP contribution in [0.5, 0.6) is 0 Å². The third kappa shape index (κ3) is 2.80. The molecule has 4 nitrogen and oxygen atoms in total. The number of hydrogen-bond donors (Lipinski definition) is 2. The number of halogens is 2. The van der Waals surface area contributed by atoms with Crippen molar-refractivity contribution in [2.75, 3.05) is 5.32 Å². The van der Waals surface area contributed by atoms with Gasteiger partial charge in [0.25, 0.3) is 5.91 Å². The number of benzene rings is 2. The Morgan fingerprint density at radius 3 is 2.40 bits per heavy atom. The minimum Gasteiger partial charge on any atom is -0.478 e. The molecule has 102 valence electrons. The topological polar surface area (TPSA) is 66.4 Å². The molecule has 6 heteroatoms. The minimum absolute atomic E-state index is 0.00802. The van der Waals surface area contributed by atoms with Crippen LogP contribution in [0, 0.1) is 11.6 Å². The van der Waals surface area contributed by atoms with Crippen molar-refractivity contribution in [3.63, 3.8) is 0 Å². The number of nitrogens with one attached hydrogen (secondary N) is 1. The molecule has 0 saturated heterocycles. The smallest absolute Gasteiger partial charge is 0.337 e. The summed E-state index contributed by atoms with van der Waals surface area (Å²) in [6.45, 7) is 0. The average Bonchev–Trinajstić information content (AvgIpc) is 2.41. The number of amides is 1. The number of carbonyl (C=O) groups excluding carboxylic acids is 1. The Morgan fingerprint density at radius 2 is 1.70 bits per heavy atom. The molecular weight excluding hydrogens is 268 g/mol. The summed E-state index contributed by atoms with van der Waals surface area (Å²) in [5.41, 5.74) is -0.628. The van der Waals surface area contributed by atoms with Gasteiger partial charge >= 0.3 is 5.97 Å². The molecule has 0 spiro atoms. The van der Waals surface area contributed by atoms with Crippen molar-refractivity contribution in [3.8, 4) is 0 Å². The first kappa shape index (κ1) is 13.7. The molecule has 0 unspecified atom stereocenters. The molecule has 0 bridgehead atoms. The summed E-state index contributed by atoms with van der Waals surface area (Å²) in [6, 6.07) is 8.11. The summed E-state index contributed by atoms with van der Waals surface area (Å²) in [7, 11) is 0. The van der Waals surface area contributed by atoms with E-state index in [0.29, 0.717) is 0 Å². The summed E-state index contributed by atoms with van der Waals surface area (Å²) in [6.07, 6.45) is 0. The Hall–Kier alpha value is -2.76. The van der Waals surface area contributed by atoms with E-state index in [1.54, 1.807) is 0 Å². The highest BCUT2D eigenvalue weighted by Gasteiger charge is 2.16. The Balaban J connectivity index is 2.33. The summed E-state index contributed by atoms with van der Waals surface area (Å²) in [4.78, 5) is 22.8. The van der Waals surface area contributed by atoms with Crippen molar-refractivity contribution in [1.82, 2.24) is 0 Å². The SMILES string of the molecule is O=C(Nc1ccccc1C(=O)O)c1cc(F)ccc1F. The van der Waals surface area contributed by atoms with Gasteiger partial charge in [-0.2, -0.15) is 0 Å². The van der Waals surface area contributed by atoms with E-state index < -0.39 is 29.1 Å². The molecule has 2 aromatic rings. The fourth-order valence-electron chi connectivity index (χ4n) is 1.64. The maximum atomic E-state index is 13.4. The first-order valence-electron chi connectivity index (χ1n) is 5.58. The van der Waals surface area contributed by atoms with Crippen LogP contribution in [0.15, 0.2) is 42.5 Å². The molecule has 20 heavy (non-hydrogen) atoms. The van der Waals surface area contributed by atoms with Crippen LogP contribution >= 0.6 is 0 Å². The first-order valence-corrected chi connectivity index (χ1v) is 5.58. The molecule has 0 heterocycles. The van der Waals surface area contributed by atoms with E-state index >= 15 is 0 Å². The number of carbonyl (C=O) groups is 2. The predicted octanol–water partition coefficient (Wildman–Crippen LogP) is 2.92. The highest BCUT2D eigenvalue weighted by atomic mass is 19.1. The average molecular weight is 277 g/mol. The number of carboxylic acid groups (broad SMARTS) is 1. The lowest BCUT2D eigenvalue weighted by Gasteiger charge is -2.08. The Labute approximate surface area is 112 Å². The van der Waals surface area contributed by atoms with Gasteiger partial charge in [-0.3, -0.25) is 4.79 Å². The molecule has 0 aliphatic rings. The highest BCUT2D eigenvalue weighted by Crippen LogP contribution is 2.17. The van der Waals surface area contributed by atoms with Gasteiger partial charge in [0.2, 0.25) is 0 Å². The van der Waals surface area contributed by atoms with Gasteiger partial charge in [0.05, 0.1) is 16.8 Å². The molecule has 0 radical (unpaired) electrons. The van der Waals surface area contributed by atoms with E-state index in [1.807, 2.05) is 0 Å². The van der Waals surface area contributed by atoms with Gasteiger partial charge in [-0.05, 0) is 30.3 Å². The van der Waals surface area contributed by atoms with Gasteiger partial charge in [-0.1, -0.05) is 12.1 Å². The lowest BCUT2D eigenvalue weighted by Crippen LogP contribution is -2.16. The summed E-state index contributed by atoms with van der Waals surface area (Å²) < 4.78 is 26.5. The van der Waals surface area contributed by atoms with E-state index in [1.165, 1.54) is 24.3 Å². The Bertz CT molecular complexity index is 686. The molecule has 2 rings (SSSR count). The first-order chi connectivity index (χ1) is 9.49. The molecule has 0 saturated carbocycles. The normalized spacial score (nSPS) is 10.1. The molecule has 2 aromatic carbocycles. The summed E-state index contributed by atoms with van der Waals surface area (Å²) in [5, 5.41) is 11.2. The Morgan fingerprint density at radius 1 is 1.00 bits per heavy atom. The lowest BCUT2D eigenvalue weighted by molar-refractivity contribution is 0.0698. The second-order valence-corrected chi connectivity index (χ2v) is 3.93. The number of para-hydroxylation sites is 1. The zero-order valence-electron chi connectivity index (χ0n) is 10.1. The molecule has 0 fully saturated rings. The van der Waals surface area contributed by atoms with Gasteiger partial charge in [-0.25, -0.2) is 13.6 Å². The number of hydrogen-bond acceptors (Lipinski definition) is 2. The Kier molecular flexibility index (Phi) is 3.74. The fraction of sp³-hybridized carbons (Fsp3) is 0. The molecule has 0 aliphatic carbocycles.